The van der Waals surface area contributed by atoms with Crippen LogP contribution < -0.4 is 0 Å². The van der Waals surface area contributed by atoms with Crippen molar-refractivity contribution in [2.75, 3.05) is 26.8 Å². The van der Waals surface area contributed by atoms with E-state index in [1.165, 1.54) is 6.07 Å². The van der Waals surface area contributed by atoms with Gasteiger partial charge in [-0.05, 0) is 32.9 Å². The van der Waals surface area contributed by atoms with E-state index >= 15 is 0 Å². The van der Waals surface area contributed by atoms with Crippen LogP contribution >= 0.6 is 0 Å². The third kappa shape index (κ3) is 3.16. The molecule has 1 saturated heterocycles. The van der Waals surface area contributed by atoms with E-state index in [1.54, 1.807) is 30.2 Å². The maximum Gasteiger partial charge on any atom is 0.250 e. The summed E-state index contributed by atoms with van der Waals surface area (Å²) in [5.74, 6) is 0.188. The van der Waals surface area contributed by atoms with E-state index in [1.807, 2.05) is 20.8 Å². The van der Waals surface area contributed by atoms with Gasteiger partial charge in [-0.15, -0.1) is 10.2 Å². The zero-order valence-electron chi connectivity index (χ0n) is 14.9. The second kappa shape index (κ2) is 6.22. The average molecular weight is 347 g/mol. The highest BCUT2D eigenvalue weighted by atomic mass is 19.1. The fourth-order valence-electron chi connectivity index (χ4n) is 3.14. The van der Waals surface area contributed by atoms with Crippen LogP contribution in [0.3, 0.4) is 0 Å². The molecule has 2 aromatic rings. The molecule has 0 spiro atoms. The smallest absolute Gasteiger partial charge is 0.250 e. The molecular formula is C18H22FN3O3. The number of likely N-dealkylation sites (tertiary alicyclic amines) is 1. The van der Waals surface area contributed by atoms with Gasteiger partial charge in [0.1, 0.15) is 5.82 Å². The molecule has 2 heterocycles. The molecule has 0 radical (unpaired) electrons. The molecule has 0 N–H and O–H groups in total. The molecule has 1 amide bonds. The summed E-state index contributed by atoms with van der Waals surface area (Å²) in [6.07, 6.45) is 0. The van der Waals surface area contributed by atoms with Crippen molar-refractivity contribution in [3.8, 4) is 11.5 Å². The monoisotopic (exact) mass is 347 g/mol. The number of carbonyl (C=O) groups is 1. The van der Waals surface area contributed by atoms with E-state index in [-0.39, 0.29) is 17.4 Å². The highest BCUT2D eigenvalue weighted by Crippen LogP contribution is 2.37. The summed E-state index contributed by atoms with van der Waals surface area (Å²) in [5, 5.41) is 8.04. The number of rotatable bonds is 5. The van der Waals surface area contributed by atoms with Crippen LogP contribution in [0.15, 0.2) is 28.7 Å². The lowest BCUT2D eigenvalue weighted by Crippen LogP contribution is -2.62. The molecule has 25 heavy (non-hydrogen) atoms. The molecule has 1 aliphatic rings. The summed E-state index contributed by atoms with van der Waals surface area (Å²) >= 11 is 0. The highest BCUT2D eigenvalue weighted by Gasteiger charge is 2.49. The number of nitrogens with zero attached hydrogens (tertiary/aromatic N) is 3. The van der Waals surface area contributed by atoms with Crippen LogP contribution in [-0.2, 0) is 14.9 Å². The van der Waals surface area contributed by atoms with Crippen LogP contribution in [0.1, 0.15) is 26.7 Å². The molecule has 0 atom stereocenters. The van der Waals surface area contributed by atoms with Crippen LogP contribution in [0.5, 0.6) is 0 Å². The molecule has 134 valence electrons. The molecule has 1 aromatic carbocycles. The second-order valence-corrected chi connectivity index (χ2v) is 7.43. The Labute approximate surface area is 146 Å². The Morgan fingerprint density at radius 3 is 2.68 bits per heavy atom. The van der Waals surface area contributed by atoms with Gasteiger partial charge in [-0.2, -0.15) is 0 Å². The molecule has 0 unspecified atom stereocenters. The fourth-order valence-corrected chi connectivity index (χ4v) is 3.14. The Morgan fingerprint density at radius 1 is 1.36 bits per heavy atom. The predicted molar refractivity (Wildman–Crippen MR) is 89.3 cm³/mol. The minimum Gasteiger partial charge on any atom is -0.420 e. The van der Waals surface area contributed by atoms with E-state index in [0.717, 1.165) is 0 Å². The van der Waals surface area contributed by atoms with Gasteiger partial charge in [0.25, 0.3) is 5.89 Å². The second-order valence-electron chi connectivity index (χ2n) is 7.43. The molecule has 1 aliphatic heterocycles. The van der Waals surface area contributed by atoms with Crippen molar-refractivity contribution in [2.24, 2.45) is 5.41 Å². The van der Waals surface area contributed by atoms with Gasteiger partial charge in [-0.25, -0.2) is 4.39 Å². The minimum absolute atomic E-state index is 0.0284. The number of halogens is 1. The van der Waals surface area contributed by atoms with Crippen molar-refractivity contribution in [1.29, 1.82) is 0 Å². The molecular weight excluding hydrogens is 325 g/mol. The van der Waals surface area contributed by atoms with E-state index in [4.69, 9.17) is 9.15 Å². The number of hydrogen-bond donors (Lipinski definition) is 0. The molecule has 1 fully saturated rings. The SMILES string of the molecule is COCC(C)(C)C(=O)N1CC(C)(c2nnc(-c3ccccc3F)o2)C1. The Bertz CT molecular complexity index is 781. The Morgan fingerprint density at radius 2 is 2.04 bits per heavy atom. The van der Waals surface area contributed by atoms with Crippen molar-refractivity contribution in [3.63, 3.8) is 0 Å². The van der Waals surface area contributed by atoms with E-state index in [2.05, 4.69) is 10.2 Å². The quantitative estimate of drug-likeness (QED) is 0.832. The van der Waals surface area contributed by atoms with E-state index in [0.29, 0.717) is 25.6 Å². The first-order valence-corrected chi connectivity index (χ1v) is 8.14. The van der Waals surface area contributed by atoms with Gasteiger partial charge in [0, 0.05) is 20.2 Å². The van der Waals surface area contributed by atoms with E-state index in [9.17, 15) is 9.18 Å². The summed E-state index contributed by atoms with van der Waals surface area (Å²) in [4.78, 5) is 14.3. The lowest BCUT2D eigenvalue weighted by molar-refractivity contribution is -0.151. The lowest BCUT2D eigenvalue weighted by atomic mass is 9.79. The molecule has 1 aromatic heterocycles. The highest BCUT2D eigenvalue weighted by molar-refractivity contribution is 5.83. The third-order valence-electron chi connectivity index (χ3n) is 4.50. The first kappa shape index (κ1) is 17.5. The maximum atomic E-state index is 13.9. The zero-order chi connectivity index (χ0) is 18.2. The van der Waals surface area contributed by atoms with Crippen molar-refractivity contribution in [2.45, 2.75) is 26.2 Å². The number of benzene rings is 1. The Balaban J connectivity index is 1.73. The number of carbonyl (C=O) groups excluding carboxylic acids is 1. The zero-order valence-corrected chi connectivity index (χ0v) is 14.9. The van der Waals surface area contributed by atoms with Crippen LogP contribution in [-0.4, -0.2) is 47.8 Å². The number of methoxy groups -OCH3 is 1. The van der Waals surface area contributed by atoms with Crippen molar-refractivity contribution in [3.05, 3.63) is 36.0 Å². The molecule has 7 heteroatoms. The summed E-state index contributed by atoms with van der Waals surface area (Å²) in [5.41, 5.74) is -0.725. The normalized spacial score (nSPS) is 16.6. The van der Waals surface area contributed by atoms with Gasteiger partial charge in [-0.3, -0.25) is 4.79 Å². The number of amides is 1. The van der Waals surface area contributed by atoms with Crippen molar-refractivity contribution >= 4 is 5.91 Å². The summed E-state index contributed by atoms with van der Waals surface area (Å²) < 4.78 is 24.7. The number of hydrogen-bond acceptors (Lipinski definition) is 5. The van der Waals surface area contributed by atoms with Crippen LogP contribution in [0.25, 0.3) is 11.5 Å². The fraction of sp³-hybridized carbons (Fsp3) is 0.500. The average Bonchev–Trinajstić information content (AvgIpc) is 3.01. The summed E-state index contributed by atoms with van der Waals surface area (Å²) in [7, 11) is 1.58. The van der Waals surface area contributed by atoms with Gasteiger partial charge in [0.15, 0.2) is 0 Å². The van der Waals surface area contributed by atoms with E-state index < -0.39 is 16.6 Å². The topological polar surface area (TPSA) is 68.5 Å². The molecule has 3 rings (SSSR count). The van der Waals surface area contributed by atoms with Crippen LogP contribution in [0.4, 0.5) is 4.39 Å². The summed E-state index contributed by atoms with van der Waals surface area (Å²) in [6, 6.07) is 6.27. The van der Waals surface area contributed by atoms with Gasteiger partial charge >= 0.3 is 0 Å². The largest absolute Gasteiger partial charge is 0.420 e. The van der Waals surface area contributed by atoms with Gasteiger partial charge < -0.3 is 14.1 Å². The Kier molecular flexibility index (Phi) is 4.36. The van der Waals surface area contributed by atoms with Gasteiger partial charge in [0.2, 0.25) is 11.8 Å². The molecule has 0 saturated carbocycles. The first-order chi connectivity index (χ1) is 11.8. The van der Waals surface area contributed by atoms with Crippen LogP contribution in [0.2, 0.25) is 0 Å². The van der Waals surface area contributed by atoms with Gasteiger partial charge in [0.05, 0.1) is 23.0 Å². The third-order valence-corrected chi connectivity index (χ3v) is 4.50. The molecule has 0 aliphatic carbocycles. The standard InChI is InChI=1S/C18H22FN3O3/c1-17(2,11-24-4)16(23)22-9-18(3,10-22)15-21-20-14(25-15)12-7-5-6-8-13(12)19/h5-8H,9-11H2,1-4H3. The molecule has 0 bridgehead atoms. The summed E-state index contributed by atoms with van der Waals surface area (Å²) in [6.45, 7) is 7.00. The lowest BCUT2D eigenvalue weighted by Gasteiger charge is -2.48. The van der Waals surface area contributed by atoms with Crippen molar-refractivity contribution < 1.29 is 18.3 Å². The Hall–Kier alpha value is -2.28. The molecule has 6 nitrogen and oxygen atoms in total. The van der Waals surface area contributed by atoms with Gasteiger partial charge in [-0.1, -0.05) is 12.1 Å². The van der Waals surface area contributed by atoms with Crippen molar-refractivity contribution in [1.82, 2.24) is 15.1 Å². The predicted octanol–water partition coefficient (Wildman–Crippen LogP) is 2.65. The van der Waals surface area contributed by atoms with Crippen LogP contribution in [0, 0.1) is 11.2 Å². The maximum absolute atomic E-state index is 13.9. The number of ether oxygens (including phenoxy) is 1. The number of aromatic nitrogens is 2. The minimum atomic E-state index is -0.580. The first-order valence-electron chi connectivity index (χ1n) is 8.14.